The van der Waals surface area contributed by atoms with E-state index in [-0.39, 0.29) is 11.5 Å². The van der Waals surface area contributed by atoms with Crippen molar-refractivity contribution in [3.8, 4) is 0 Å². The van der Waals surface area contributed by atoms with Crippen LogP contribution < -0.4 is 10.6 Å². The van der Waals surface area contributed by atoms with E-state index in [0.717, 1.165) is 0 Å². The van der Waals surface area contributed by atoms with Crippen LogP contribution in [-0.4, -0.2) is 23.6 Å². The fraction of sp³-hybridized carbons (Fsp3) is 0.267. The zero-order chi connectivity index (χ0) is 16.3. The molecule has 2 rings (SSSR count). The third kappa shape index (κ3) is 3.85. The molecule has 0 radical (unpaired) electrons. The first-order chi connectivity index (χ1) is 10.3. The lowest BCUT2D eigenvalue weighted by molar-refractivity contribution is -0.222. The fourth-order valence-electron chi connectivity index (χ4n) is 1.82. The Bertz CT molecular complexity index is 642. The maximum absolute atomic E-state index is 11.8. The predicted molar refractivity (Wildman–Crippen MR) is 78.7 cm³/mol. The Morgan fingerprint density at radius 2 is 1.73 bits per heavy atom. The molecule has 1 saturated heterocycles. The molecule has 116 valence electrons. The summed E-state index contributed by atoms with van der Waals surface area (Å²) in [6.45, 7) is 4.35. The van der Waals surface area contributed by atoms with Crippen molar-refractivity contribution in [2.24, 2.45) is 0 Å². The third-order valence-electron chi connectivity index (χ3n) is 2.68. The predicted octanol–water partition coefficient (Wildman–Crippen LogP) is 1.78. The standard InChI is InChI=1S/C15H16N2O5/c1-9(18)17-11-6-4-5-10(7-11)16-8-12-13(19)21-15(2,3)22-14(12)20/h4-8,16H,1-3H3,(H,17,18). The molecule has 7 nitrogen and oxygen atoms in total. The molecule has 7 heteroatoms. The summed E-state index contributed by atoms with van der Waals surface area (Å²) in [6.07, 6.45) is 1.22. The van der Waals surface area contributed by atoms with Gasteiger partial charge in [0.05, 0.1) is 0 Å². The van der Waals surface area contributed by atoms with Crippen LogP contribution in [0.1, 0.15) is 20.8 Å². The normalized spacial score (nSPS) is 16.4. The van der Waals surface area contributed by atoms with Crippen LogP contribution in [0.2, 0.25) is 0 Å². The minimum atomic E-state index is -1.27. The molecule has 0 aromatic heterocycles. The summed E-state index contributed by atoms with van der Waals surface area (Å²) >= 11 is 0. The molecule has 2 N–H and O–H groups in total. The lowest BCUT2D eigenvalue weighted by Crippen LogP contribution is -2.42. The van der Waals surface area contributed by atoms with E-state index in [2.05, 4.69) is 10.6 Å². The second-order valence-electron chi connectivity index (χ2n) is 5.14. The lowest BCUT2D eigenvalue weighted by atomic mass is 10.2. The van der Waals surface area contributed by atoms with Crippen LogP contribution in [-0.2, 0) is 23.9 Å². The quantitative estimate of drug-likeness (QED) is 0.502. The average molecular weight is 304 g/mol. The van der Waals surface area contributed by atoms with Gasteiger partial charge in [-0.3, -0.25) is 4.79 Å². The van der Waals surface area contributed by atoms with E-state index in [1.807, 2.05) is 0 Å². The molecule has 1 aromatic carbocycles. The van der Waals surface area contributed by atoms with E-state index in [0.29, 0.717) is 11.4 Å². The van der Waals surface area contributed by atoms with Crippen molar-refractivity contribution in [1.29, 1.82) is 0 Å². The van der Waals surface area contributed by atoms with E-state index >= 15 is 0 Å². The van der Waals surface area contributed by atoms with E-state index in [9.17, 15) is 14.4 Å². The summed E-state index contributed by atoms with van der Waals surface area (Å²) < 4.78 is 9.95. The van der Waals surface area contributed by atoms with Crippen molar-refractivity contribution < 1.29 is 23.9 Å². The van der Waals surface area contributed by atoms with Crippen molar-refractivity contribution in [3.05, 3.63) is 36.0 Å². The minimum Gasteiger partial charge on any atom is -0.419 e. The number of carbonyl (C=O) groups excluding carboxylic acids is 3. The second kappa shape index (κ2) is 5.88. The summed E-state index contributed by atoms with van der Waals surface area (Å²) in [6, 6.07) is 6.80. The molecule has 0 spiro atoms. The number of hydrogen-bond acceptors (Lipinski definition) is 6. The van der Waals surface area contributed by atoms with Crippen molar-refractivity contribution in [2.75, 3.05) is 10.6 Å². The maximum atomic E-state index is 11.8. The van der Waals surface area contributed by atoms with Crippen LogP contribution in [0.15, 0.2) is 36.0 Å². The van der Waals surface area contributed by atoms with Gasteiger partial charge >= 0.3 is 11.9 Å². The summed E-state index contributed by atoms with van der Waals surface area (Å²) in [5, 5.41) is 5.43. The van der Waals surface area contributed by atoms with Crippen LogP contribution in [0.5, 0.6) is 0 Å². The zero-order valence-corrected chi connectivity index (χ0v) is 12.4. The molecule has 1 fully saturated rings. The van der Waals surface area contributed by atoms with Crippen LogP contribution in [0.25, 0.3) is 0 Å². The Morgan fingerprint density at radius 1 is 1.14 bits per heavy atom. The highest BCUT2D eigenvalue weighted by atomic mass is 16.7. The molecule has 1 aromatic rings. The molecule has 0 unspecified atom stereocenters. The van der Waals surface area contributed by atoms with Gasteiger partial charge in [-0.15, -0.1) is 0 Å². The molecule has 1 heterocycles. The number of benzene rings is 1. The van der Waals surface area contributed by atoms with Crippen LogP contribution in [0, 0.1) is 0 Å². The molecule has 0 aliphatic carbocycles. The van der Waals surface area contributed by atoms with Crippen LogP contribution in [0.4, 0.5) is 11.4 Å². The number of anilines is 2. The number of amides is 1. The average Bonchev–Trinajstić information content (AvgIpc) is 2.35. The number of rotatable bonds is 3. The number of ether oxygens (including phenoxy) is 2. The Balaban J connectivity index is 2.13. The fourth-order valence-corrected chi connectivity index (χ4v) is 1.82. The molecular formula is C15H16N2O5. The largest absolute Gasteiger partial charge is 0.419 e. The maximum Gasteiger partial charge on any atom is 0.350 e. The van der Waals surface area contributed by atoms with Gasteiger partial charge in [0.25, 0.3) is 5.79 Å². The van der Waals surface area contributed by atoms with E-state index < -0.39 is 17.7 Å². The van der Waals surface area contributed by atoms with Crippen molar-refractivity contribution in [1.82, 2.24) is 0 Å². The number of nitrogens with one attached hydrogen (secondary N) is 2. The Labute approximate surface area is 127 Å². The second-order valence-corrected chi connectivity index (χ2v) is 5.14. The van der Waals surface area contributed by atoms with E-state index in [4.69, 9.17) is 9.47 Å². The van der Waals surface area contributed by atoms with Gasteiger partial charge in [-0.05, 0) is 18.2 Å². The first-order valence-corrected chi connectivity index (χ1v) is 6.58. The van der Waals surface area contributed by atoms with Gasteiger partial charge in [-0.2, -0.15) is 0 Å². The van der Waals surface area contributed by atoms with E-state index in [1.165, 1.54) is 27.0 Å². The lowest BCUT2D eigenvalue weighted by Gasteiger charge is -2.29. The molecular weight excluding hydrogens is 288 g/mol. The molecule has 0 atom stereocenters. The third-order valence-corrected chi connectivity index (χ3v) is 2.68. The molecule has 1 amide bonds. The van der Waals surface area contributed by atoms with Crippen molar-refractivity contribution in [3.63, 3.8) is 0 Å². The van der Waals surface area contributed by atoms with Crippen LogP contribution >= 0.6 is 0 Å². The summed E-state index contributed by atoms with van der Waals surface area (Å²) in [4.78, 5) is 34.5. The topological polar surface area (TPSA) is 93.7 Å². The van der Waals surface area contributed by atoms with Crippen LogP contribution in [0.3, 0.4) is 0 Å². The SMILES string of the molecule is CC(=O)Nc1cccc(NC=C2C(=O)OC(C)(C)OC2=O)c1. The summed E-state index contributed by atoms with van der Waals surface area (Å²) in [5.41, 5.74) is 0.944. The minimum absolute atomic E-state index is 0.197. The Morgan fingerprint density at radius 3 is 2.32 bits per heavy atom. The van der Waals surface area contributed by atoms with Gasteiger partial charge in [0, 0.05) is 38.3 Å². The molecule has 1 aliphatic rings. The van der Waals surface area contributed by atoms with Gasteiger partial charge < -0.3 is 20.1 Å². The Hall–Kier alpha value is -2.83. The first kappa shape index (κ1) is 15.6. The summed E-state index contributed by atoms with van der Waals surface area (Å²) in [5.74, 6) is -2.98. The van der Waals surface area contributed by atoms with E-state index in [1.54, 1.807) is 24.3 Å². The van der Waals surface area contributed by atoms with Gasteiger partial charge in [-0.25, -0.2) is 9.59 Å². The van der Waals surface area contributed by atoms with Crippen molar-refractivity contribution in [2.45, 2.75) is 26.6 Å². The molecule has 1 aliphatic heterocycles. The monoisotopic (exact) mass is 304 g/mol. The summed E-state index contributed by atoms with van der Waals surface area (Å²) in [7, 11) is 0. The number of hydrogen-bond donors (Lipinski definition) is 2. The van der Waals surface area contributed by atoms with Gasteiger partial charge in [0.2, 0.25) is 5.91 Å². The first-order valence-electron chi connectivity index (χ1n) is 6.58. The highest BCUT2D eigenvalue weighted by Crippen LogP contribution is 2.23. The highest BCUT2D eigenvalue weighted by molar-refractivity contribution is 6.15. The number of cyclic esters (lactones) is 2. The van der Waals surface area contributed by atoms with Gasteiger partial charge in [-0.1, -0.05) is 6.07 Å². The number of esters is 2. The Kier molecular flexibility index (Phi) is 4.16. The van der Waals surface area contributed by atoms with Gasteiger partial charge in [0.15, 0.2) is 5.57 Å². The molecule has 0 saturated carbocycles. The molecule has 0 bridgehead atoms. The highest BCUT2D eigenvalue weighted by Gasteiger charge is 2.38. The van der Waals surface area contributed by atoms with Gasteiger partial charge in [0.1, 0.15) is 0 Å². The zero-order valence-electron chi connectivity index (χ0n) is 12.4. The van der Waals surface area contributed by atoms with Crippen molar-refractivity contribution >= 4 is 29.2 Å². The number of carbonyl (C=O) groups is 3. The molecule has 22 heavy (non-hydrogen) atoms. The smallest absolute Gasteiger partial charge is 0.350 e.